The molecule has 3 N–H and O–H groups in total. The van der Waals surface area contributed by atoms with E-state index < -0.39 is 21.9 Å². The molecule has 0 bridgehead atoms. The molecule has 0 spiro atoms. The average molecular weight is 309 g/mol. The van der Waals surface area contributed by atoms with Gasteiger partial charge in [0.05, 0.1) is 0 Å². The number of sulfonamides is 1. The molecule has 1 aliphatic carbocycles. The normalized spacial score (nSPS) is 18.0. The molecule has 1 saturated carbocycles. The number of nitrogens with one attached hydrogen (secondary N) is 1. The molecule has 0 radical (unpaired) electrons. The van der Waals surface area contributed by atoms with E-state index in [1.54, 1.807) is 0 Å². The Morgan fingerprint density at radius 2 is 2.05 bits per heavy atom. The molecule has 1 fully saturated rings. The van der Waals surface area contributed by atoms with Crippen LogP contribution >= 0.6 is 0 Å². The molecule has 0 aliphatic heterocycles. The Bertz CT molecular complexity index is 568. The summed E-state index contributed by atoms with van der Waals surface area (Å²) in [5.74, 6) is 0.323. The topological polar surface area (TPSA) is 85.1 Å². The number of alkyl halides is 3. The molecule has 1 aromatic heterocycles. The van der Waals surface area contributed by atoms with E-state index in [4.69, 9.17) is 5.73 Å². The van der Waals surface area contributed by atoms with Gasteiger partial charge in [-0.2, -0.15) is 13.2 Å². The van der Waals surface area contributed by atoms with Gasteiger partial charge in [0.15, 0.2) is 0 Å². The van der Waals surface area contributed by atoms with Gasteiger partial charge in [0.2, 0.25) is 10.0 Å². The zero-order chi connectivity index (χ0) is 15.0. The van der Waals surface area contributed by atoms with Gasteiger partial charge in [0, 0.05) is 18.8 Å². The minimum Gasteiger partial charge on any atom is -0.326 e. The van der Waals surface area contributed by atoms with Crippen LogP contribution in [0.25, 0.3) is 0 Å². The number of nitrogens with two attached hydrogens (primary N) is 1. The van der Waals surface area contributed by atoms with Gasteiger partial charge in [0.1, 0.15) is 10.6 Å². The third kappa shape index (κ3) is 3.68. The Kier molecular flexibility index (Phi) is 4.03. The van der Waals surface area contributed by atoms with Crippen LogP contribution in [0.2, 0.25) is 0 Å². The zero-order valence-electron chi connectivity index (χ0n) is 10.4. The molecule has 9 heteroatoms. The average Bonchev–Trinajstić information content (AvgIpc) is 3.19. The lowest BCUT2D eigenvalue weighted by molar-refractivity contribution is -0.141. The largest absolute Gasteiger partial charge is 0.433 e. The van der Waals surface area contributed by atoms with E-state index in [9.17, 15) is 21.6 Å². The smallest absolute Gasteiger partial charge is 0.326 e. The highest BCUT2D eigenvalue weighted by Gasteiger charge is 2.33. The first-order chi connectivity index (χ1) is 9.20. The first-order valence-corrected chi connectivity index (χ1v) is 7.47. The number of halogens is 3. The van der Waals surface area contributed by atoms with Crippen LogP contribution in [-0.2, 0) is 16.2 Å². The molecule has 1 aliphatic rings. The van der Waals surface area contributed by atoms with Gasteiger partial charge in [0.25, 0.3) is 0 Å². The first kappa shape index (κ1) is 15.2. The molecule has 1 heterocycles. The Balaban J connectivity index is 2.05. The van der Waals surface area contributed by atoms with Gasteiger partial charge in [-0.1, -0.05) is 0 Å². The Labute approximate surface area is 114 Å². The van der Waals surface area contributed by atoms with Gasteiger partial charge in [-0.3, -0.25) is 4.98 Å². The molecular weight excluding hydrogens is 295 g/mol. The van der Waals surface area contributed by atoms with E-state index >= 15 is 0 Å². The summed E-state index contributed by atoms with van der Waals surface area (Å²) < 4.78 is 63.0. The van der Waals surface area contributed by atoms with Crippen molar-refractivity contribution >= 4 is 10.0 Å². The summed E-state index contributed by atoms with van der Waals surface area (Å²) in [6.07, 6.45) is -1.95. The van der Waals surface area contributed by atoms with E-state index in [0.29, 0.717) is 18.2 Å². The molecule has 0 aromatic carbocycles. The van der Waals surface area contributed by atoms with Crippen LogP contribution in [0.15, 0.2) is 23.2 Å². The van der Waals surface area contributed by atoms with Crippen molar-refractivity contribution in [3.8, 4) is 0 Å². The van der Waals surface area contributed by atoms with Crippen LogP contribution in [0.1, 0.15) is 18.5 Å². The van der Waals surface area contributed by atoms with E-state index in [-0.39, 0.29) is 17.5 Å². The maximum atomic E-state index is 12.3. The number of hydrogen-bond acceptors (Lipinski definition) is 4. The van der Waals surface area contributed by atoms with Crippen LogP contribution in [0.3, 0.4) is 0 Å². The molecule has 1 unspecified atom stereocenters. The zero-order valence-corrected chi connectivity index (χ0v) is 11.2. The van der Waals surface area contributed by atoms with Gasteiger partial charge in [-0.15, -0.1) is 0 Å². The lowest BCUT2D eigenvalue weighted by Gasteiger charge is -2.12. The van der Waals surface area contributed by atoms with E-state index in [1.165, 1.54) is 0 Å². The summed E-state index contributed by atoms with van der Waals surface area (Å²) >= 11 is 0. The van der Waals surface area contributed by atoms with Crippen LogP contribution in [-0.4, -0.2) is 26.0 Å². The number of pyridine rings is 1. The standard InChI is InChI=1S/C11H14F3N3O2S/c12-11(13,14)10-4-3-8(5-16-10)20(18,19)17-6-9(15)7-1-2-7/h3-5,7,9,17H,1-2,6,15H2. The fourth-order valence-electron chi connectivity index (χ4n) is 1.69. The van der Waals surface area contributed by atoms with Crippen molar-refractivity contribution < 1.29 is 21.6 Å². The van der Waals surface area contributed by atoms with Crippen molar-refractivity contribution in [3.63, 3.8) is 0 Å². The molecule has 5 nitrogen and oxygen atoms in total. The van der Waals surface area contributed by atoms with E-state index in [2.05, 4.69) is 9.71 Å². The lowest BCUT2D eigenvalue weighted by atomic mass is 10.2. The highest BCUT2D eigenvalue weighted by molar-refractivity contribution is 7.89. The van der Waals surface area contributed by atoms with Crippen LogP contribution < -0.4 is 10.5 Å². The molecule has 1 atom stereocenters. The van der Waals surface area contributed by atoms with Crippen LogP contribution in [0.5, 0.6) is 0 Å². The van der Waals surface area contributed by atoms with Crippen molar-refractivity contribution in [1.82, 2.24) is 9.71 Å². The summed E-state index contributed by atoms with van der Waals surface area (Å²) in [6, 6.07) is 1.24. The van der Waals surface area contributed by atoms with Gasteiger partial charge in [-0.05, 0) is 30.9 Å². The molecule has 0 saturated heterocycles. The number of nitrogens with zero attached hydrogens (tertiary/aromatic N) is 1. The second-order valence-corrected chi connectivity index (χ2v) is 6.50. The lowest BCUT2D eigenvalue weighted by Crippen LogP contribution is -2.38. The van der Waals surface area contributed by atoms with Crippen LogP contribution in [0.4, 0.5) is 13.2 Å². The van der Waals surface area contributed by atoms with Gasteiger partial charge < -0.3 is 5.73 Å². The number of rotatable bonds is 5. The minimum atomic E-state index is -4.59. The molecule has 20 heavy (non-hydrogen) atoms. The fraction of sp³-hybridized carbons (Fsp3) is 0.545. The summed E-state index contributed by atoms with van der Waals surface area (Å²) in [4.78, 5) is 2.80. The quantitative estimate of drug-likeness (QED) is 0.853. The molecular formula is C11H14F3N3O2S. The maximum Gasteiger partial charge on any atom is 0.433 e. The molecule has 0 amide bonds. The number of hydrogen-bond donors (Lipinski definition) is 2. The van der Waals surface area contributed by atoms with Gasteiger partial charge in [-0.25, -0.2) is 13.1 Å². The fourth-order valence-corrected chi connectivity index (χ4v) is 2.70. The van der Waals surface area contributed by atoms with E-state index in [1.807, 2.05) is 0 Å². The molecule has 112 valence electrons. The Morgan fingerprint density at radius 3 is 2.50 bits per heavy atom. The monoisotopic (exact) mass is 309 g/mol. The van der Waals surface area contributed by atoms with Gasteiger partial charge >= 0.3 is 6.18 Å². The summed E-state index contributed by atoms with van der Waals surface area (Å²) in [5.41, 5.74) is 4.62. The first-order valence-electron chi connectivity index (χ1n) is 5.98. The van der Waals surface area contributed by atoms with Crippen molar-refractivity contribution in [2.45, 2.75) is 30.0 Å². The van der Waals surface area contributed by atoms with Crippen molar-refractivity contribution in [2.24, 2.45) is 11.7 Å². The second-order valence-electron chi connectivity index (χ2n) is 4.73. The Morgan fingerprint density at radius 1 is 1.40 bits per heavy atom. The summed E-state index contributed by atoms with van der Waals surface area (Å²) in [6.45, 7) is 0.0635. The predicted molar refractivity (Wildman–Crippen MR) is 65.1 cm³/mol. The predicted octanol–water partition coefficient (Wildman–Crippen LogP) is 1.12. The highest BCUT2D eigenvalue weighted by atomic mass is 32.2. The third-order valence-electron chi connectivity index (χ3n) is 3.07. The molecule has 2 rings (SSSR count). The van der Waals surface area contributed by atoms with Crippen molar-refractivity contribution in [1.29, 1.82) is 0 Å². The highest BCUT2D eigenvalue weighted by Crippen LogP contribution is 2.31. The summed E-state index contributed by atoms with van der Waals surface area (Å²) in [7, 11) is -3.88. The maximum absolute atomic E-state index is 12.3. The van der Waals surface area contributed by atoms with E-state index in [0.717, 1.165) is 18.9 Å². The van der Waals surface area contributed by atoms with Crippen molar-refractivity contribution in [3.05, 3.63) is 24.0 Å². The SMILES string of the molecule is NC(CNS(=O)(=O)c1ccc(C(F)(F)F)nc1)C1CC1. The Hall–Kier alpha value is -1.19. The second kappa shape index (κ2) is 5.30. The van der Waals surface area contributed by atoms with Crippen LogP contribution in [0, 0.1) is 5.92 Å². The van der Waals surface area contributed by atoms with Crippen molar-refractivity contribution in [2.75, 3.05) is 6.54 Å². The number of aromatic nitrogens is 1. The molecule has 1 aromatic rings. The third-order valence-corrected chi connectivity index (χ3v) is 4.48. The summed E-state index contributed by atoms with van der Waals surface area (Å²) in [5, 5.41) is 0. The minimum absolute atomic E-state index is 0.0635.